The molecule has 0 aliphatic carbocycles. The number of benzene rings is 1. The number of carbonyl (C=O) groups excluding carboxylic acids is 2. The van der Waals surface area contributed by atoms with E-state index in [2.05, 4.69) is 4.98 Å². The number of hydrogen-bond acceptors (Lipinski definition) is 5. The van der Waals surface area contributed by atoms with Crippen molar-refractivity contribution < 1.29 is 19.1 Å². The SMILES string of the molecule is CCOc1ccc(N2C(=O)/C(=C/c3ccc[nH]3)N(CC(=O)OC)C2=S)cc1. The van der Waals surface area contributed by atoms with Crippen molar-refractivity contribution in [1.82, 2.24) is 9.88 Å². The van der Waals surface area contributed by atoms with E-state index in [0.29, 0.717) is 23.7 Å². The molecule has 0 atom stereocenters. The Kier molecular flexibility index (Phi) is 5.56. The van der Waals surface area contributed by atoms with Gasteiger partial charge in [0.25, 0.3) is 5.91 Å². The van der Waals surface area contributed by atoms with E-state index in [0.717, 1.165) is 5.69 Å². The van der Waals surface area contributed by atoms with Gasteiger partial charge in [-0.15, -0.1) is 0 Å². The van der Waals surface area contributed by atoms with Crippen LogP contribution in [0.3, 0.4) is 0 Å². The fourth-order valence-electron chi connectivity index (χ4n) is 2.69. The second-order valence-electron chi connectivity index (χ2n) is 5.67. The molecule has 1 aromatic heterocycles. The first-order valence-electron chi connectivity index (χ1n) is 8.36. The number of carbonyl (C=O) groups is 2. The smallest absolute Gasteiger partial charge is 0.325 e. The lowest BCUT2D eigenvalue weighted by atomic mass is 10.2. The molecule has 1 aliphatic heterocycles. The predicted octanol–water partition coefficient (Wildman–Crippen LogP) is 2.56. The molecule has 3 rings (SSSR count). The van der Waals surface area contributed by atoms with E-state index in [1.54, 1.807) is 36.5 Å². The van der Waals surface area contributed by atoms with Crippen LogP contribution in [-0.2, 0) is 14.3 Å². The maximum atomic E-state index is 13.1. The summed E-state index contributed by atoms with van der Waals surface area (Å²) >= 11 is 5.49. The Bertz CT molecular complexity index is 875. The highest BCUT2D eigenvalue weighted by atomic mass is 32.1. The number of anilines is 1. The van der Waals surface area contributed by atoms with Gasteiger partial charge in [0.2, 0.25) is 0 Å². The number of thiocarbonyl (C=S) groups is 1. The van der Waals surface area contributed by atoms with Gasteiger partial charge in [-0.25, -0.2) is 0 Å². The minimum Gasteiger partial charge on any atom is -0.494 e. The van der Waals surface area contributed by atoms with Crippen LogP contribution in [0.2, 0.25) is 0 Å². The minimum absolute atomic E-state index is 0.152. The Morgan fingerprint density at radius 2 is 2.00 bits per heavy atom. The van der Waals surface area contributed by atoms with Crippen LogP contribution in [0.1, 0.15) is 12.6 Å². The van der Waals surface area contributed by atoms with Gasteiger partial charge < -0.3 is 19.4 Å². The standard InChI is InChI=1S/C19H19N3O4S/c1-3-26-15-8-6-14(7-9-15)22-18(24)16(11-13-5-4-10-20-13)21(19(22)27)12-17(23)25-2/h4-11,20H,3,12H2,1-2H3/b16-11-. The van der Waals surface area contributed by atoms with E-state index < -0.39 is 5.97 Å². The molecular formula is C19H19N3O4S. The van der Waals surface area contributed by atoms with Crippen molar-refractivity contribution in [1.29, 1.82) is 0 Å². The Hall–Kier alpha value is -3.13. The van der Waals surface area contributed by atoms with Gasteiger partial charge in [-0.2, -0.15) is 0 Å². The summed E-state index contributed by atoms with van der Waals surface area (Å²) in [5.41, 5.74) is 1.62. The molecule has 1 amide bonds. The normalized spacial score (nSPS) is 15.6. The molecule has 1 aliphatic rings. The average molecular weight is 385 g/mol. The van der Waals surface area contributed by atoms with Crippen molar-refractivity contribution in [2.75, 3.05) is 25.2 Å². The fraction of sp³-hybridized carbons (Fsp3) is 0.211. The zero-order valence-corrected chi connectivity index (χ0v) is 15.8. The van der Waals surface area contributed by atoms with Gasteiger partial charge in [0, 0.05) is 11.9 Å². The van der Waals surface area contributed by atoms with E-state index in [1.807, 2.05) is 19.1 Å². The largest absolute Gasteiger partial charge is 0.494 e. The van der Waals surface area contributed by atoms with Crippen molar-refractivity contribution in [2.24, 2.45) is 0 Å². The quantitative estimate of drug-likeness (QED) is 0.468. The van der Waals surface area contributed by atoms with Gasteiger partial charge in [-0.1, -0.05) is 0 Å². The van der Waals surface area contributed by atoms with Crippen molar-refractivity contribution in [2.45, 2.75) is 6.92 Å². The van der Waals surface area contributed by atoms with E-state index in [-0.39, 0.29) is 17.6 Å². The van der Waals surface area contributed by atoms with Crippen molar-refractivity contribution in [3.8, 4) is 5.75 Å². The summed E-state index contributed by atoms with van der Waals surface area (Å²) in [5.74, 6) is -0.105. The first-order valence-corrected chi connectivity index (χ1v) is 8.76. The van der Waals surface area contributed by atoms with Crippen LogP contribution in [0.5, 0.6) is 5.75 Å². The number of hydrogen-bond donors (Lipinski definition) is 1. The number of esters is 1. The van der Waals surface area contributed by atoms with Crippen molar-refractivity contribution in [3.63, 3.8) is 0 Å². The number of aromatic nitrogens is 1. The summed E-state index contributed by atoms with van der Waals surface area (Å²) in [7, 11) is 1.29. The number of amides is 1. The number of H-pyrrole nitrogens is 1. The first-order chi connectivity index (χ1) is 13.0. The van der Waals surface area contributed by atoms with E-state index >= 15 is 0 Å². The predicted molar refractivity (Wildman–Crippen MR) is 105 cm³/mol. The van der Waals surface area contributed by atoms with Crippen LogP contribution in [-0.4, -0.2) is 47.1 Å². The lowest BCUT2D eigenvalue weighted by Gasteiger charge is -2.19. The average Bonchev–Trinajstić information content (AvgIpc) is 3.26. The maximum absolute atomic E-state index is 13.1. The molecule has 1 N–H and O–H groups in total. The van der Waals surface area contributed by atoms with Crippen LogP contribution in [0.25, 0.3) is 6.08 Å². The molecule has 8 heteroatoms. The summed E-state index contributed by atoms with van der Waals surface area (Å²) in [6, 6.07) is 10.7. The van der Waals surface area contributed by atoms with E-state index in [4.69, 9.17) is 21.7 Å². The zero-order valence-electron chi connectivity index (χ0n) is 15.0. The van der Waals surface area contributed by atoms with E-state index in [9.17, 15) is 9.59 Å². The molecule has 1 fully saturated rings. The number of ether oxygens (including phenoxy) is 2. The van der Waals surface area contributed by atoms with Crippen LogP contribution in [0.4, 0.5) is 5.69 Å². The highest BCUT2D eigenvalue weighted by Gasteiger charge is 2.40. The van der Waals surface area contributed by atoms with Gasteiger partial charge in [-0.3, -0.25) is 14.5 Å². The third kappa shape index (κ3) is 3.85. The number of nitrogens with one attached hydrogen (secondary N) is 1. The summed E-state index contributed by atoms with van der Waals surface area (Å²) in [5, 5.41) is 0.215. The highest BCUT2D eigenvalue weighted by molar-refractivity contribution is 7.80. The molecule has 2 aromatic rings. The molecule has 0 unspecified atom stereocenters. The van der Waals surface area contributed by atoms with Crippen molar-refractivity contribution in [3.05, 3.63) is 54.0 Å². The van der Waals surface area contributed by atoms with Crippen molar-refractivity contribution >= 4 is 41.0 Å². The minimum atomic E-state index is -0.490. The van der Waals surface area contributed by atoms with Gasteiger partial charge in [0.1, 0.15) is 18.0 Å². The van der Waals surface area contributed by atoms with Gasteiger partial charge in [0.15, 0.2) is 5.11 Å². The second-order valence-corrected chi connectivity index (χ2v) is 6.03. The first kappa shape index (κ1) is 18.7. The Morgan fingerprint density at radius 3 is 2.59 bits per heavy atom. The van der Waals surface area contributed by atoms with Crippen LogP contribution in [0.15, 0.2) is 48.3 Å². The molecule has 0 saturated carbocycles. The van der Waals surface area contributed by atoms with Gasteiger partial charge in [0.05, 0.1) is 19.4 Å². The third-order valence-corrected chi connectivity index (χ3v) is 4.37. The number of aromatic amines is 1. The lowest BCUT2D eigenvalue weighted by molar-refractivity contribution is -0.140. The fourth-order valence-corrected chi connectivity index (χ4v) is 3.05. The van der Waals surface area contributed by atoms with Crippen LogP contribution >= 0.6 is 12.2 Å². The molecule has 2 heterocycles. The summed E-state index contributed by atoms with van der Waals surface area (Å²) < 4.78 is 10.2. The molecule has 27 heavy (non-hydrogen) atoms. The second kappa shape index (κ2) is 8.05. The molecule has 0 bridgehead atoms. The summed E-state index contributed by atoms with van der Waals surface area (Å²) in [4.78, 5) is 30.8. The summed E-state index contributed by atoms with van der Waals surface area (Å²) in [6.07, 6.45) is 3.41. The zero-order chi connectivity index (χ0) is 19.4. The van der Waals surface area contributed by atoms with Crippen LogP contribution < -0.4 is 9.64 Å². The Labute approximate surface area is 162 Å². The van der Waals surface area contributed by atoms with E-state index in [1.165, 1.54) is 16.9 Å². The van der Waals surface area contributed by atoms with Crippen LogP contribution in [0, 0.1) is 0 Å². The van der Waals surface area contributed by atoms with Gasteiger partial charge in [-0.05, 0) is 61.6 Å². The highest BCUT2D eigenvalue weighted by Crippen LogP contribution is 2.30. The molecule has 0 radical (unpaired) electrons. The Morgan fingerprint density at radius 1 is 1.26 bits per heavy atom. The molecule has 1 saturated heterocycles. The summed E-state index contributed by atoms with van der Waals surface area (Å²) in [6.45, 7) is 2.30. The maximum Gasteiger partial charge on any atom is 0.325 e. The van der Waals surface area contributed by atoms with Gasteiger partial charge >= 0.3 is 5.97 Å². The number of nitrogens with zero attached hydrogens (tertiary/aromatic N) is 2. The topological polar surface area (TPSA) is 74.9 Å². The number of rotatable bonds is 6. The third-order valence-electron chi connectivity index (χ3n) is 3.97. The lowest BCUT2D eigenvalue weighted by Crippen LogP contribution is -2.35. The molecule has 140 valence electrons. The molecule has 0 spiro atoms. The molecular weight excluding hydrogens is 366 g/mol. The number of methoxy groups -OCH3 is 1. The molecule has 1 aromatic carbocycles. The molecule has 7 nitrogen and oxygen atoms in total. The Balaban J connectivity index is 1.97. The monoisotopic (exact) mass is 385 g/mol.